The first-order valence-electron chi connectivity index (χ1n) is 9.84. The van der Waals surface area contributed by atoms with Crippen molar-refractivity contribution in [1.29, 1.82) is 0 Å². The number of ether oxygens (including phenoxy) is 2. The number of carbonyl (C=O) groups excluding carboxylic acids is 1. The van der Waals surface area contributed by atoms with E-state index in [4.69, 9.17) is 9.47 Å². The minimum atomic E-state index is -0.418. The Balaban J connectivity index is 2.12. The van der Waals surface area contributed by atoms with Gasteiger partial charge in [0.25, 0.3) is 0 Å². The molecule has 0 aliphatic carbocycles. The van der Waals surface area contributed by atoms with Gasteiger partial charge in [0, 0.05) is 21.3 Å². The van der Waals surface area contributed by atoms with Crippen LogP contribution in [0, 0.1) is 0 Å². The standard InChI is InChI=1S/C23H28BrNO3/c1-6-23(5)19-14-16(24)8-13-20(19)25(21(23)22(26)27-7-2)17-9-11-18(12-10-17)28-15(3)4/h8-15,21H,6-7H2,1-5H3. The summed E-state index contributed by atoms with van der Waals surface area (Å²) in [5.74, 6) is 0.626. The van der Waals surface area contributed by atoms with Crippen molar-refractivity contribution >= 4 is 33.3 Å². The van der Waals surface area contributed by atoms with Gasteiger partial charge in [-0.3, -0.25) is 0 Å². The summed E-state index contributed by atoms with van der Waals surface area (Å²) in [4.78, 5) is 15.2. The monoisotopic (exact) mass is 445 g/mol. The first kappa shape index (κ1) is 20.7. The highest BCUT2D eigenvalue weighted by Gasteiger charge is 2.51. The van der Waals surface area contributed by atoms with Gasteiger partial charge in [0.1, 0.15) is 11.8 Å². The first-order chi connectivity index (χ1) is 13.3. The molecule has 1 aliphatic heterocycles. The van der Waals surface area contributed by atoms with E-state index in [1.165, 1.54) is 0 Å². The zero-order chi connectivity index (χ0) is 20.5. The van der Waals surface area contributed by atoms with Gasteiger partial charge in [0.15, 0.2) is 0 Å². The summed E-state index contributed by atoms with van der Waals surface area (Å²) in [5, 5.41) is 0. The molecule has 0 amide bonds. The molecule has 0 saturated carbocycles. The lowest BCUT2D eigenvalue weighted by Gasteiger charge is -2.34. The zero-order valence-electron chi connectivity index (χ0n) is 17.2. The second-order valence-electron chi connectivity index (χ2n) is 7.62. The van der Waals surface area contributed by atoms with Gasteiger partial charge in [-0.15, -0.1) is 0 Å². The summed E-state index contributed by atoms with van der Waals surface area (Å²) in [6.07, 6.45) is 0.941. The van der Waals surface area contributed by atoms with Crippen LogP contribution in [-0.4, -0.2) is 24.7 Å². The Kier molecular flexibility index (Phi) is 6.04. The van der Waals surface area contributed by atoms with Crippen LogP contribution in [0.25, 0.3) is 0 Å². The Hall–Kier alpha value is -2.01. The van der Waals surface area contributed by atoms with Crippen molar-refractivity contribution in [3.63, 3.8) is 0 Å². The molecular weight excluding hydrogens is 418 g/mol. The molecule has 0 N–H and O–H groups in total. The Morgan fingerprint density at radius 2 is 1.86 bits per heavy atom. The number of hydrogen-bond donors (Lipinski definition) is 0. The summed E-state index contributed by atoms with van der Waals surface area (Å²) < 4.78 is 12.3. The lowest BCUT2D eigenvalue weighted by Crippen LogP contribution is -2.47. The summed E-state index contributed by atoms with van der Waals surface area (Å²) in [5.41, 5.74) is 2.81. The normalized spacial score (nSPS) is 21.0. The molecule has 3 rings (SSSR count). The van der Waals surface area contributed by atoms with Crippen molar-refractivity contribution in [3.8, 4) is 5.75 Å². The summed E-state index contributed by atoms with van der Waals surface area (Å²) >= 11 is 3.59. The molecule has 2 aromatic rings. The number of fused-ring (bicyclic) bond motifs is 1. The fourth-order valence-corrected chi connectivity index (χ4v) is 4.32. The van der Waals surface area contributed by atoms with Gasteiger partial charge in [0.2, 0.25) is 0 Å². The number of nitrogens with zero attached hydrogens (tertiary/aromatic N) is 1. The van der Waals surface area contributed by atoms with Crippen molar-refractivity contribution in [2.45, 2.75) is 58.6 Å². The molecule has 2 atom stereocenters. The molecular formula is C23H28BrNO3. The fourth-order valence-electron chi connectivity index (χ4n) is 3.96. The van der Waals surface area contributed by atoms with Crippen molar-refractivity contribution in [2.75, 3.05) is 11.5 Å². The number of esters is 1. The van der Waals surface area contributed by atoms with E-state index in [2.05, 4.69) is 46.8 Å². The minimum absolute atomic E-state index is 0.117. The Morgan fingerprint density at radius 3 is 2.43 bits per heavy atom. The molecule has 0 bridgehead atoms. The van der Waals surface area contributed by atoms with Crippen LogP contribution in [0.5, 0.6) is 5.75 Å². The highest BCUT2D eigenvalue weighted by molar-refractivity contribution is 9.10. The van der Waals surface area contributed by atoms with E-state index in [1.807, 2.05) is 51.1 Å². The van der Waals surface area contributed by atoms with E-state index in [9.17, 15) is 4.79 Å². The third kappa shape index (κ3) is 3.64. The number of rotatable bonds is 6. The average Bonchev–Trinajstić information content (AvgIpc) is 2.91. The highest BCUT2D eigenvalue weighted by Crippen LogP contribution is 2.51. The average molecular weight is 446 g/mol. The SMILES string of the molecule is CCOC(=O)C1N(c2ccc(OC(C)C)cc2)c2ccc(Br)cc2C1(C)CC. The smallest absolute Gasteiger partial charge is 0.330 e. The van der Waals surface area contributed by atoms with Crippen LogP contribution in [-0.2, 0) is 14.9 Å². The first-order valence-corrected chi connectivity index (χ1v) is 10.6. The number of halogens is 1. The minimum Gasteiger partial charge on any atom is -0.491 e. The van der Waals surface area contributed by atoms with Crippen LogP contribution in [0.2, 0.25) is 0 Å². The van der Waals surface area contributed by atoms with Crippen LogP contribution in [0.15, 0.2) is 46.9 Å². The largest absolute Gasteiger partial charge is 0.491 e. The quantitative estimate of drug-likeness (QED) is 0.511. The fraction of sp³-hybridized carbons (Fsp3) is 0.435. The molecule has 2 aromatic carbocycles. The van der Waals surface area contributed by atoms with E-state index >= 15 is 0 Å². The second-order valence-corrected chi connectivity index (χ2v) is 8.53. The van der Waals surface area contributed by atoms with Crippen LogP contribution in [0.4, 0.5) is 11.4 Å². The summed E-state index contributed by atoms with van der Waals surface area (Å²) in [7, 11) is 0. The number of benzene rings is 2. The molecule has 2 unspecified atom stereocenters. The van der Waals surface area contributed by atoms with Crippen molar-refractivity contribution in [2.24, 2.45) is 0 Å². The lowest BCUT2D eigenvalue weighted by atomic mass is 9.76. The van der Waals surface area contributed by atoms with E-state index in [1.54, 1.807) is 0 Å². The Bertz CT molecular complexity index is 849. The molecule has 1 heterocycles. The third-order valence-electron chi connectivity index (χ3n) is 5.43. The zero-order valence-corrected chi connectivity index (χ0v) is 18.7. The highest BCUT2D eigenvalue weighted by atomic mass is 79.9. The molecule has 1 aliphatic rings. The lowest BCUT2D eigenvalue weighted by molar-refractivity contribution is -0.146. The topological polar surface area (TPSA) is 38.8 Å². The van der Waals surface area contributed by atoms with Crippen LogP contribution >= 0.6 is 15.9 Å². The van der Waals surface area contributed by atoms with E-state index < -0.39 is 6.04 Å². The molecule has 28 heavy (non-hydrogen) atoms. The van der Waals surface area contributed by atoms with Gasteiger partial charge in [-0.25, -0.2) is 4.79 Å². The van der Waals surface area contributed by atoms with Crippen LogP contribution in [0.1, 0.15) is 46.6 Å². The Labute approximate surface area is 176 Å². The van der Waals surface area contributed by atoms with Gasteiger partial charge in [-0.05, 0) is 75.2 Å². The predicted octanol–water partition coefficient (Wildman–Crippen LogP) is 5.99. The predicted molar refractivity (Wildman–Crippen MR) is 117 cm³/mol. The van der Waals surface area contributed by atoms with E-state index in [0.717, 1.165) is 33.6 Å². The van der Waals surface area contributed by atoms with Crippen LogP contribution < -0.4 is 9.64 Å². The van der Waals surface area contributed by atoms with Gasteiger partial charge in [-0.1, -0.05) is 29.8 Å². The van der Waals surface area contributed by atoms with Crippen LogP contribution in [0.3, 0.4) is 0 Å². The van der Waals surface area contributed by atoms with E-state index in [0.29, 0.717) is 6.61 Å². The van der Waals surface area contributed by atoms with E-state index in [-0.39, 0.29) is 17.5 Å². The molecule has 5 heteroatoms. The van der Waals surface area contributed by atoms with Gasteiger partial charge >= 0.3 is 5.97 Å². The molecule has 0 spiro atoms. The molecule has 0 saturated heterocycles. The summed E-state index contributed by atoms with van der Waals surface area (Å²) in [6.45, 7) is 10.5. The van der Waals surface area contributed by atoms with Crippen molar-refractivity contribution < 1.29 is 14.3 Å². The molecule has 0 radical (unpaired) electrons. The number of carbonyl (C=O) groups is 1. The maximum Gasteiger partial charge on any atom is 0.330 e. The molecule has 4 nitrogen and oxygen atoms in total. The second kappa shape index (κ2) is 8.16. The van der Waals surface area contributed by atoms with Crippen molar-refractivity contribution in [1.82, 2.24) is 0 Å². The van der Waals surface area contributed by atoms with Gasteiger partial charge in [-0.2, -0.15) is 0 Å². The third-order valence-corrected chi connectivity index (χ3v) is 5.92. The number of hydrogen-bond acceptors (Lipinski definition) is 4. The molecule has 0 fully saturated rings. The maximum absolute atomic E-state index is 13.1. The molecule has 0 aromatic heterocycles. The summed E-state index contributed by atoms with van der Waals surface area (Å²) in [6, 6.07) is 13.7. The number of anilines is 2. The van der Waals surface area contributed by atoms with Gasteiger partial charge < -0.3 is 14.4 Å². The Morgan fingerprint density at radius 1 is 1.18 bits per heavy atom. The molecule has 150 valence electrons. The maximum atomic E-state index is 13.1. The van der Waals surface area contributed by atoms with Crippen molar-refractivity contribution in [3.05, 3.63) is 52.5 Å². The van der Waals surface area contributed by atoms with Gasteiger partial charge in [0.05, 0.1) is 12.7 Å².